The maximum absolute atomic E-state index is 13.6. The molecular weight excluding hydrogens is 212 g/mol. The van der Waals surface area contributed by atoms with E-state index >= 15 is 0 Å². The van der Waals surface area contributed by atoms with Gasteiger partial charge in [0.05, 0.1) is 5.60 Å². The highest BCUT2D eigenvalue weighted by atomic mass is 19.2. The van der Waals surface area contributed by atoms with Gasteiger partial charge in [-0.25, -0.2) is 8.78 Å². The summed E-state index contributed by atoms with van der Waals surface area (Å²) in [6.45, 7) is 5.02. The summed E-state index contributed by atoms with van der Waals surface area (Å²) in [5.74, 6) is -1.99. The summed E-state index contributed by atoms with van der Waals surface area (Å²) in [7, 11) is 0. The number of nitrogens with two attached hydrogens (primary N) is 1. The van der Waals surface area contributed by atoms with Crippen LogP contribution in [-0.2, 0) is 5.60 Å². The SMILES string of the molecule is CC(C)(CN)C(C)(O)c1cccc(F)c1F. The molecule has 1 unspecified atom stereocenters. The third-order valence-corrected chi connectivity index (χ3v) is 3.30. The van der Waals surface area contributed by atoms with Crippen LogP contribution in [0.4, 0.5) is 8.78 Å². The number of aliphatic hydroxyl groups is 1. The molecule has 1 atom stereocenters. The van der Waals surface area contributed by atoms with Gasteiger partial charge in [-0.15, -0.1) is 0 Å². The Morgan fingerprint density at radius 2 is 1.81 bits per heavy atom. The number of rotatable bonds is 3. The first kappa shape index (κ1) is 13.1. The molecule has 0 spiro atoms. The van der Waals surface area contributed by atoms with Crippen molar-refractivity contribution in [3.8, 4) is 0 Å². The average Bonchev–Trinajstić information content (AvgIpc) is 2.21. The van der Waals surface area contributed by atoms with Crippen molar-refractivity contribution in [2.75, 3.05) is 6.54 Å². The van der Waals surface area contributed by atoms with Crippen molar-refractivity contribution in [1.82, 2.24) is 0 Å². The Bertz CT molecular complexity index is 389. The largest absolute Gasteiger partial charge is 0.385 e. The Hall–Kier alpha value is -1.00. The summed E-state index contributed by atoms with van der Waals surface area (Å²) in [5.41, 5.74) is 3.21. The zero-order valence-corrected chi connectivity index (χ0v) is 9.72. The predicted octanol–water partition coefficient (Wildman–Crippen LogP) is 2.16. The summed E-state index contributed by atoms with van der Waals surface area (Å²) >= 11 is 0. The third kappa shape index (κ3) is 1.95. The molecule has 0 radical (unpaired) electrons. The lowest BCUT2D eigenvalue weighted by atomic mass is 9.72. The summed E-state index contributed by atoms with van der Waals surface area (Å²) in [6, 6.07) is 3.76. The zero-order valence-electron chi connectivity index (χ0n) is 9.72. The lowest BCUT2D eigenvalue weighted by Crippen LogP contribution is -2.45. The lowest BCUT2D eigenvalue weighted by molar-refractivity contribution is -0.0551. The second-order valence-corrected chi connectivity index (χ2v) is 4.76. The third-order valence-electron chi connectivity index (χ3n) is 3.30. The van der Waals surface area contributed by atoms with Gasteiger partial charge in [0, 0.05) is 17.5 Å². The van der Waals surface area contributed by atoms with E-state index in [2.05, 4.69) is 0 Å². The molecule has 2 nitrogen and oxygen atoms in total. The second kappa shape index (κ2) is 4.11. The molecule has 0 aromatic heterocycles. The fraction of sp³-hybridized carbons (Fsp3) is 0.500. The topological polar surface area (TPSA) is 46.2 Å². The van der Waals surface area contributed by atoms with Gasteiger partial charge in [0.1, 0.15) is 0 Å². The molecule has 0 aliphatic rings. The standard InChI is InChI=1S/C12H17F2NO/c1-11(2,7-15)12(3,16)8-5-4-6-9(13)10(8)14/h4-6,16H,7,15H2,1-3H3. The van der Waals surface area contributed by atoms with Crippen molar-refractivity contribution in [2.45, 2.75) is 26.4 Å². The van der Waals surface area contributed by atoms with Gasteiger partial charge >= 0.3 is 0 Å². The monoisotopic (exact) mass is 229 g/mol. The lowest BCUT2D eigenvalue weighted by Gasteiger charge is -2.39. The van der Waals surface area contributed by atoms with Gasteiger partial charge in [0.2, 0.25) is 0 Å². The number of benzene rings is 1. The normalized spacial score (nSPS) is 15.9. The summed E-state index contributed by atoms with van der Waals surface area (Å²) in [5, 5.41) is 10.3. The zero-order chi connectivity index (χ0) is 12.6. The molecule has 1 rings (SSSR count). The van der Waals surface area contributed by atoms with Crippen molar-refractivity contribution in [1.29, 1.82) is 0 Å². The molecule has 0 aliphatic heterocycles. The van der Waals surface area contributed by atoms with Gasteiger partial charge in [0.15, 0.2) is 11.6 Å². The molecule has 0 bridgehead atoms. The molecule has 16 heavy (non-hydrogen) atoms. The van der Waals surface area contributed by atoms with Gasteiger partial charge in [-0.2, -0.15) is 0 Å². The quantitative estimate of drug-likeness (QED) is 0.834. The molecule has 4 heteroatoms. The van der Waals surface area contributed by atoms with E-state index in [1.165, 1.54) is 19.1 Å². The van der Waals surface area contributed by atoms with Crippen LogP contribution in [0, 0.1) is 17.0 Å². The van der Waals surface area contributed by atoms with E-state index in [0.29, 0.717) is 0 Å². The molecule has 90 valence electrons. The van der Waals surface area contributed by atoms with Crippen LogP contribution in [0.5, 0.6) is 0 Å². The van der Waals surface area contributed by atoms with Crippen molar-refractivity contribution in [2.24, 2.45) is 11.1 Å². The highest BCUT2D eigenvalue weighted by Gasteiger charge is 2.41. The van der Waals surface area contributed by atoms with Crippen molar-refractivity contribution >= 4 is 0 Å². The maximum Gasteiger partial charge on any atom is 0.164 e. The first-order valence-electron chi connectivity index (χ1n) is 5.11. The van der Waals surface area contributed by atoms with E-state index in [-0.39, 0.29) is 12.1 Å². The van der Waals surface area contributed by atoms with Gasteiger partial charge in [0.25, 0.3) is 0 Å². The van der Waals surface area contributed by atoms with E-state index in [0.717, 1.165) is 6.07 Å². The van der Waals surface area contributed by atoms with E-state index in [1.54, 1.807) is 13.8 Å². The molecule has 1 aromatic carbocycles. The van der Waals surface area contributed by atoms with E-state index in [4.69, 9.17) is 5.73 Å². The van der Waals surface area contributed by atoms with Gasteiger partial charge in [-0.3, -0.25) is 0 Å². The molecule has 0 saturated carbocycles. The Kier molecular flexibility index (Phi) is 3.35. The number of hydrogen-bond donors (Lipinski definition) is 2. The molecule has 0 saturated heterocycles. The molecule has 0 amide bonds. The van der Waals surface area contributed by atoms with Crippen LogP contribution in [0.2, 0.25) is 0 Å². The minimum Gasteiger partial charge on any atom is -0.385 e. The van der Waals surface area contributed by atoms with Gasteiger partial charge < -0.3 is 10.8 Å². The highest BCUT2D eigenvalue weighted by molar-refractivity contribution is 5.27. The molecule has 3 N–H and O–H groups in total. The molecule has 0 heterocycles. The van der Waals surface area contributed by atoms with Gasteiger partial charge in [-0.1, -0.05) is 26.0 Å². The van der Waals surface area contributed by atoms with Crippen LogP contribution in [0.15, 0.2) is 18.2 Å². The Morgan fingerprint density at radius 3 is 2.31 bits per heavy atom. The van der Waals surface area contributed by atoms with Crippen LogP contribution in [-0.4, -0.2) is 11.7 Å². The van der Waals surface area contributed by atoms with Crippen LogP contribution in [0.25, 0.3) is 0 Å². The fourth-order valence-corrected chi connectivity index (χ4v) is 1.44. The summed E-state index contributed by atoms with van der Waals surface area (Å²) in [6.07, 6.45) is 0. The fourth-order valence-electron chi connectivity index (χ4n) is 1.44. The first-order chi connectivity index (χ1) is 7.24. The van der Waals surface area contributed by atoms with E-state index in [1.807, 2.05) is 0 Å². The Labute approximate surface area is 94.1 Å². The first-order valence-corrected chi connectivity index (χ1v) is 5.11. The Balaban J connectivity index is 3.32. The predicted molar refractivity (Wildman–Crippen MR) is 58.8 cm³/mol. The van der Waals surface area contributed by atoms with Crippen molar-refractivity contribution < 1.29 is 13.9 Å². The molecule has 1 aromatic rings. The van der Waals surface area contributed by atoms with E-state index < -0.39 is 22.7 Å². The molecule has 0 aliphatic carbocycles. The van der Waals surface area contributed by atoms with Crippen molar-refractivity contribution in [3.05, 3.63) is 35.4 Å². The van der Waals surface area contributed by atoms with Crippen LogP contribution >= 0.6 is 0 Å². The number of hydrogen-bond acceptors (Lipinski definition) is 2. The Morgan fingerprint density at radius 1 is 1.25 bits per heavy atom. The van der Waals surface area contributed by atoms with E-state index in [9.17, 15) is 13.9 Å². The second-order valence-electron chi connectivity index (χ2n) is 4.76. The molecule has 0 fully saturated rings. The van der Waals surface area contributed by atoms with Crippen LogP contribution in [0.1, 0.15) is 26.3 Å². The smallest absolute Gasteiger partial charge is 0.164 e. The summed E-state index contributed by atoms with van der Waals surface area (Å²) in [4.78, 5) is 0. The molecular formula is C12H17F2NO. The maximum atomic E-state index is 13.6. The summed E-state index contributed by atoms with van der Waals surface area (Å²) < 4.78 is 26.7. The van der Waals surface area contributed by atoms with Crippen LogP contribution < -0.4 is 5.73 Å². The average molecular weight is 229 g/mol. The van der Waals surface area contributed by atoms with Gasteiger partial charge in [-0.05, 0) is 13.0 Å². The minimum absolute atomic E-state index is 0.0667. The van der Waals surface area contributed by atoms with Crippen LogP contribution in [0.3, 0.4) is 0 Å². The minimum atomic E-state index is -1.52. The highest BCUT2D eigenvalue weighted by Crippen LogP contribution is 2.39. The van der Waals surface area contributed by atoms with Crippen molar-refractivity contribution in [3.63, 3.8) is 0 Å². The number of halogens is 2.